The van der Waals surface area contributed by atoms with Crippen LogP contribution >= 0.6 is 35.0 Å². The van der Waals surface area contributed by atoms with Crippen molar-refractivity contribution < 1.29 is 9.53 Å². The van der Waals surface area contributed by atoms with Gasteiger partial charge in [-0.25, -0.2) is 0 Å². The van der Waals surface area contributed by atoms with Gasteiger partial charge in [-0.3, -0.25) is 4.79 Å². The molecule has 0 bridgehead atoms. The summed E-state index contributed by atoms with van der Waals surface area (Å²) >= 11 is 13.5. The van der Waals surface area contributed by atoms with Crippen molar-refractivity contribution in [2.45, 2.75) is 43.1 Å². The standard InChI is InChI=1S/C16H20Cl2O2SSi/c1-5-20-16(19)11-13(8-9-22(2,3)4)21-12-6-7-14(17)15(18)10-12/h6-7,10,13H,5,11H2,1-4H3. The van der Waals surface area contributed by atoms with Gasteiger partial charge in [0, 0.05) is 4.90 Å². The quantitative estimate of drug-likeness (QED) is 0.303. The van der Waals surface area contributed by atoms with Crippen molar-refractivity contribution in [3.05, 3.63) is 28.2 Å². The zero-order valence-corrected chi connectivity index (χ0v) is 16.5. The summed E-state index contributed by atoms with van der Waals surface area (Å²) in [6, 6.07) is 5.43. The van der Waals surface area contributed by atoms with Gasteiger partial charge in [0.1, 0.15) is 8.07 Å². The third-order valence-electron chi connectivity index (χ3n) is 2.43. The fourth-order valence-electron chi connectivity index (χ4n) is 1.50. The highest BCUT2D eigenvalue weighted by Crippen LogP contribution is 2.31. The minimum absolute atomic E-state index is 0.150. The molecule has 0 aliphatic carbocycles. The van der Waals surface area contributed by atoms with E-state index in [1.54, 1.807) is 19.1 Å². The van der Waals surface area contributed by atoms with Gasteiger partial charge in [0.15, 0.2) is 0 Å². The second-order valence-corrected chi connectivity index (χ2v) is 12.6. The van der Waals surface area contributed by atoms with Gasteiger partial charge in [0.25, 0.3) is 0 Å². The van der Waals surface area contributed by atoms with Crippen molar-refractivity contribution in [3.8, 4) is 11.5 Å². The van der Waals surface area contributed by atoms with Crippen LogP contribution in [0.25, 0.3) is 0 Å². The lowest BCUT2D eigenvalue weighted by atomic mass is 10.3. The molecule has 0 aromatic heterocycles. The van der Waals surface area contributed by atoms with E-state index in [0.29, 0.717) is 16.7 Å². The van der Waals surface area contributed by atoms with E-state index in [1.165, 1.54) is 11.8 Å². The fourth-order valence-corrected chi connectivity index (χ4v) is 3.58. The van der Waals surface area contributed by atoms with Gasteiger partial charge in [-0.15, -0.1) is 17.3 Å². The second kappa shape index (κ2) is 8.88. The maximum Gasteiger partial charge on any atom is 0.307 e. The van der Waals surface area contributed by atoms with E-state index in [2.05, 4.69) is 31.1 Å². The maximum absolute atomic E-state index is 11.8. The van der Waals surface area contributed by atoms with Crippen LogP contribution in [0.1, 0.15) is 13.3 Å². The summed E-state index contributed by atoms with van der Waals surface area (Å²) in [5, 5.41) is 0.865. The number of hydrogen-bond donors (Lipinski definition) is 0. The van der Waals surface area contributed by atoms with Crippen LogP contribution in [0.15, 0.2) is 23.1 Å². The Morgan fingerprint density at radius 2 is 2.00 bits per heavy atom. The van der Waals surface area contributed by atoms with E-state index < -0.39 is 8.07 Å². The summed E-state index contributed by atoms with van der Waals surface area (Å²) in [4.78, 5) is 12.7. The second-order valence-electron chi connectivity index (χ2n) is 5.71. The molecule has 1 rings (SSSR count). The van der Waals surface area contributed by atoms with E-state index in [-0.39, 0.29) is 17.6 Å². The van der Waals surface area contributed by atoms with Crippen molar-refractivity contribution >= 4 is 49.0 Å². The number of rotatable bonds is 5. The molecule has 2 nitrogen and oxygen atoms in total. The zero-order valence-electron chi connectivity index (χ0n) is 13.2. The first-order valence-corrected chi connectivity index (χ1v) is 12.1. The van der Waals surface area contributed by atoms with E-state index in [1.807, 2.05) is 6.07 Å². The smallest absolute Gasteiger partial charge is 0.307 e. The molecule has 1 aromatic carbocycles. The van der Waals surface area contributed by atoms with Crippen molar-refractivity contribution in [2.75, 3.05) is 6.61 Å². The highest BCUT2D eigenvalue weighted by Gasteiger charge is 2.16. The number of thioether (sulfide) groups is 1. The number of hydrogen-bond acceptors (Lipinski definition) is 3. The predicted molar refractivity (Wildman–Crippen MR) is 98.5 cm³/mol. The Labute approximate surface area is 147 Å². The van der Waals surface area contributed by atoms with Gasteiger partial charge in [-0.05, 0) is 25.1 Å². The lowest BCUT2D eigenvalue weighted by molar-refractivity contribution is -0.142. The van der Waals surface area contributed by atoms with Gasteiger partial charge >= 0.3 is 5.97 Å². The lowest BCUT2D eigenvalue weighted by Crippen LogP contribution is -2.18. The summed E-state index contributed by atoms with van der Waals surface area (Å²) in [6.45, 7) is 8.69. The Balaban J connectivity index is 2.90. The molecule has 1 atom stereocenters. The Morgan fingerprint density at radius 1 is 1.32 bits per heavy atom. The number of halogens is 2. The number of carbonyl (C=O) groups excluding carboxylic acids is 1. The van der Waals surface area contributed by atoms with Gasteiger partial charge in [-0.1, -0.05) is 48.8 Å². The Hall–Kier alpha value is -0.603. The third-order valence-corrected chi connectivity index (χ3v) is 5.16. The summed E-state index contributed by atoms with van der Waals surface area (Å²) in [5.41, 5.74) is 3.32. The minimum atomic E-state index is -1.50. The normalized spacial score (nSPS) is 12.3. The fraction of sp³-hybridized carbons (Fsp3) is 0.438. The highest BCUT2D eigenvalue weighted by molar-refractivity contribution is 8.00. The van der Waals surface area contributed by atoms with Gasteiger partial charge in [-0.2, -0.15) is 0 Å². The molecule has 1 unspecified atom stereocenters. The zero-order chi connectivity index (χ0) is 16.8. The van der Waals surface area contributed by atoms with Crippen molar-refractivity contribution in [1.82, 2.24) is 0 Å². The molecular weight excluding hydrogens is 355 g/mol. The van der Waals surface area contributed by atoms with Crippen LogP contribution in [0, 0.1) is 11.5 Å². The van der Waals surface area contributed by atoms with E-state index in [4.69, 9.17) is 27.9 Å². The van der Waals surface area contributed by atoms with Crippen LogP contribution in [0.2, 0.25) is 29.7 Å². The SMILES string of the molecule is CCOC(=O)CC(C#C[Si](C)(C)C)Sc1ccc(Cl)c(Cl)c1. The van der Waals surface area contributed by atoms with Crippen LogP contribution in [-0.4, -0.2) is 25.9 Å². The summed E-state index contributed by atoms with van der Waals surface area (Å²) in [7, 11) is -1.50. The first kappa shape index (κ1) is 19.4. The molecule has 0 amide bonds. The molecule has 6 heteroatoms. The van der Waals surface area contributed by atoms with Crippen molar-refractivity contribution in [3.63, 3.8) is 0 Å². The van der Waals surface area contributed by atoms with Crippen LogP contribution in [0.3, 0.4) is 0 Å². The number of carbonyl (C=O) groups is 1. The van der Waals surface area contributed by atoms with Crippen molar-refractivity contribution in [1.29, 1.82) is 0 Å². The van der Waals surface area contributed by atoms with Gasteiger partial charge in [0.05, 0.1) is 28.3 Å². The Kier molecular flexibility index (Phi) is 7.85. The molecule has 120 valence electrons. The third kappa shape index (κ3) is 7.60. The predicted octanol–water partition coefficient (Wildman–Crippen LogP) is 5.29. The van der Waals surface area contributed by atoms with Gasteiger partial charge < -0.3 is 4.74 Å². The molecule has 0 heterocycles. The molecule has 0 fully saturated rings. The molecule has 0 N–H and O–H groups in total. The van der Waals surface area contributed by atoms with Crippen LogP contribution in [0.5, 0.6) is 0 Å². The van der Waals surface area contributed by atoms with E-state index >= 15 is 0 Å². The first-order chi connectivity index (χ1) is 10.2. The summed E-state index contributed by atoms with van der Waals surface area (Å²) < 4.78 is 5.03. The average Bonchev–Trinajstić information content (AvgIpc) is 2.40. The number of ether oxygens (including phenoxy) is 1. The Morgan fingerprint density at radius 3 is 2.55 bits per heavy atom. The number of esters is 1. The largest absolute Gasteiger partial charge is 0.466 e. The molecule has 0 spiro atoms. The monoisotopic (exact) mass is 374 g/mol. The van der Waals surface area contributed by atoms with Crippen LogP contribution in [0.4, 0.5) is 0 Å². The van der Waals surface area contributed by atoms with Crippen LogP contribution < -0.4 is 0 Å². The molecule has 0 saturated carbocycles. The molecule has 0 radical (unpaired) electrons. The topological polar surface area (TPSA) is 26.3 Å². The molecule has 22 heavy (non-hydrogen) atoms. The first-order valence-electron chi connectivity index (χ1n) is 7.01. The van der Waals surface area contributed by atoms with Crippen LogP contribution in [-0.2, 0) is 9.53 Å². The molecular formula is C16H20Cl2O2SSi. The van der Waals surface area contributed by atoms with Crippen molar-refractivity contribution in [2.24, 2.45) is 0 Å². The maximum atomic E-state index is 11.8. The molecule has 0 aliphatic rings. The Bertz CT molecular complexity index is 588. The van der Waals surface area contributed by atoms with Gasteiger partial charge in [0.2, 0.25) is 0 Å². The minimum Gasteiger partial charge on any atom is -0.466 e. The highest BCUT2D eigenvalue weighted by atomic mass is 35.5. The number of benzene rings is 1. The van der Waals surface area contributed by atoms with E-state index in [9.17, 15) is 4.79 Å². The van der Waals surface area contributed by atoms with E-state index in [0.717, 1.165) is 4.90 Å². The summed E-state index contributed by atoms with van der Waals surface area (Å²) in [5.74, 6) is 3.00. The molecule has 0 aliphatic heterocycles. The lowest BCUT2D eigenvalue weighted by Gasteiger charge is -2.12. The molecule has 1 aromatic rings. The average molecular weight is 375 g/mol. The molecule has 0 saturated heterocycles. The summed E-state index contributed by atoms with van der Waals surface area (Å²) in [6.07, 6.45) is 0.260.